The highest BCUT2D eigenvalue weighted by atomic mass is 32.2. The van der Waals surface area contributed by atoms with Gasteiger partial charge in [-0.3, -0.25) is 4.99 Å². The molecule has 1 atom stereocenters. The van der Waals surface area contributed by atoms with Gasteiger partial charge in [-0.05, 0) is 17.7 Å². The molecule has 0 saturated carbocycles. The minimum Gasteiger partial charge on any atom is -0.264 e. The maximum absolute atomic E-state index is 12.9. The van der Waals surface area contributed by atoms with Crippen molar-refractivity contribution < 1.29 is 12.8 Å². The molecule has 16 heavy (non-hydrogen) atoms. The third kappa shape index (κ3) is 1.66. The van der Waals surface area contributed by atoms with E-state index >= 15 is 0 Å². The van der Waals surface area contributed by atoms with Crippen LogP contribution in [0.3, 0.4) is 0 Å². The minimum atomic E-state index is -4.13. The molecule has 0 N–H and O–H groups in total. The molecule has 0 bridgehead atoms. The second-order valence-corrected chi connectivity index (χ2v) is 4.59. The van der Waals surface area contributed by atoms with Gasteiger partial charge >= 0.3 is 10.2 Å². The average molecular weight is 243 g/mol. The van der Waals surface area contributed by atoms with E-state index < -0.39 is 16.3 Å². The molecule has 0 saturated heterocycles. The average Bonchev–Trinajstić information content (AvgIpc) is 2.60. The number of rotatable bonds is 2. The number of hydrogen-bond donors (Lipinski definition) is 0. The summed E-state index contributed by atoms with van der Waals surface area (Å²) in [5.41, 5.74) is 8.40. The van der Waals surface area contributed by atoms with Crippen LogP contribution >= 0.6 is 0 Å². The van der Waals surface area contributed by atoms with Gasteiger partial charge in [0.05, 0.1) is 16.3 Å². The first-order valence-corrected chi connectivity index (χ1v) is 5.64. The summed E-state index contributed by atoms with van der Waals surface area (Å²) in [6.07, 6.45) is 3.51. The quantitative estimate of drug-likeness (QED) is 0.416. The van der Waals surface area contributed by atoms with Gasteiger partial charge in [0.25, 0.3) is 0 Å². The predicted octanol–water partition coefficient (Wildman–Crippen LogP) is 1.40. The molecule has 0 radical (unpaired) electrons. The molecule has 0 fully saturated rings. The van der Waals surface area contributed by atoms with E-state index in [1.165, 1.54) is 12.2 Å². The monoisotopic (exact) mass is 243 g/mol. The highest BCUT2D eigenvalue weighted by Crippen LogP contribution is 2.30. The Balaban J connectivity index is 2.41. The van der Waals surface area contributed by atoms with Crippen LogP contribution in [0, 0.1) is 0 Å². The SMILES string of the molecule is [N-]=[N+]=NS(=O)(=O)N1C=NC2CC(F)=CC=C21. The zero-order valence-corrected chi connectivity index (χ0v) is 8.67. The Morgan fingerprint density at radius 1 is 1.62 bits per heavy atom. The van der Waals surface area contributed by atoms with Gasteiger partial charge in [-0.25, -0.2) is 8.70 Å². The summed E-state index contributed by atoms with van der Waals surface area (Å²) < 4.78 is 39.2. The Hall–Kier alpha value is -1.86. The smallest absolute Gasteiger partial charge is 0.264 e. The van der Waals surface area contributed by atoms with Crippen LogP contribution in [0.1, 0.15) is 6.42 Å². The maximum Gasteiger partial charge on any atom is 0.329 e. The Morgan fingerprint density at radius 2 is 2.38 bits per heavy atom. The summed E-state index contributed by atoms with van der Waals surface area (Å²) in [5.74, 6) is -0.367. The summed E-state index contributed by atoms with van der Waals surface area (Å²) in [4.78, 5) is 6.05. The van der Waals surface area contributed by atoms with Crippen LogP contribution in [0.2, 0.25) is 0 Å². The third-order valence-corrected chi connectivity index (χ3v) is 3.24. The summed E-state index contributed by atoms with van der Waals surface area (Å²) in [5, 5.41) is 0. The van der Waals surface area contributed by atoms with Gasteiger partial charge in [-0.1, -0.05) is 0 Å². The summed E-state index contributed by atoms with van der Waals surface area (Å²) >= 11 is 0. The second-order valence-electron chi connectivity index (χ2n) is 3.13. The molecule has 1 unspecified atom stereocenters. The molecular formula is C7H6FN5O2S. The van der Waals surface area contributed by atoms with E-state index in [0.29, 0.717) is 0 Å². The Kier molecular flexibility index (Phi) is 2.41. The van der Waals surface area contributed by atoms with E-state index in [9.17, 15) is 12.8 Å². The number of nitrogens with zero attached hydrogens (tertiary/aromatic N) is 5. The van der Waals surface area contributed by atoms with Gasteiger partial charge in [0.1, 0.15) is 12.2 Å². The fraction of sp³-hybridized carbons (Fsp3) is 0.286. The number of fused-ring (bicyclic) bond motifs is 1. The molecule has 1 aliphatic heterocycles. The van der Waals surface area contributed by atoms with Crippen molar-refractivity contribution in [1.82, 2.24) is 4.31 Å². The van der Waals surface area contributed by atoms with Crippen LogP contribution in [0.4, 0.5) is 4.39 Å². The molecule has 0 spiro atoms. The number of allylic oxidation sites excluding steroid dienone is 2. The molecule has 0 aromatic heterocycles. The van der Waals surface area contributed by atoms with Crippen molar-refractivity contribution in [2.24, 2.45) is 9.51 Å². The summed E-state index contributed by atoms with van der Waals surface area (Å²) in [7, 11) is -4.13. The maximum atomic E-state index is 12.9. The molecule has 2 aliphatic rings. The van der Waals surface area contributed by atoms with Crippen LogP contribution < -0.4 is 0 Å². The van der Waals surface area contributed by atoms with Crippen molar-refractivity contribution in [3.63, 3.8) is 0 Å². The lowest BCUT2D eigenvalue weighted by atomic mass is 10.1. The highest BCUT2D eigenvalue weighted by Gasteiger charge is 2.33. The van der Waals surface area contributed by atoms with E-state index in [2.05, 4.69) is 14.4 Å². The van der Waals surface area contributed by atoms with E-state index in [4.69, 9.17) is 5.53 Å². The molecule has 0 amide bonds. The number of aliphatic imine (C=N–C) groups is 1. The molecule has 0 aromatic rings. The normalized spacial score (nSPS) is 23.3. The van der Waals surface area contributed by atoms with Crippen LogP contribution in [0.5, 0.6) is 0 Å². The van der Waals surface area contributed by atoms with Crippen molar-refractivity contribution >= 4 is 16.5 Å². The van der Waals surface area contributed by atoms with Gasteiger partial charge in [-0.15, -0.1) is 0 Å². The van der Waals surface area contributed by atoms with Crippen LogP contribution in [-0.2, 0) is 10.2 Å². The lowest BCUT2D eigenvalue weighted by Gasteiger charge is -2.18. The first-order chi connectivity index (χ1) is 7.54. The van der Waals surface area contributed by atoms with Crippen LogP contribution in [0.15, 0.2) is 33.2 Å². The zero-order valence-electron chi connectivity index (χ0n) is 7.86. The van der Waals surface area contributed by atoms with E-state index in [1.807, 2.05) is 0 Å². The van der Waals surface area contributed by atoms with Crippen molar-refractivity contribution in [3.8, 4) is 0 Å². The molecular weight excluding hydrogens is 237 g/mol. The first kappa shape index (κ1) is 10.7. The zero-order chi connectivity index (χ0) is 11.8. The first-order valence-electron chi connectivity index (χ1n) is 4.25. The van der Waals surface area contributed by atoms with E-state index in [-0.39, 0.29) is 17.9 Å². The second kappa shape index (κ2) is 3.62. The van der Waals surface area contributed by atoms with Gasteiger partial charge in [0.2, 0.25) is 0 Å². The molecule has 1 heterocycles. The molecule has 84 valence electrons. The standard InChI is InChI=1S/C7H6FN5O2S/c8-5-1-2-7-6(3-5)10-4-13(7)16(14,15)12-11-9/h1-2,4,6H,3H2. The fourth-order valence-electron chi connectivity index (χ4n) is 1.48. The van der Waals surface area contributed by atoms with Gasteiger partial charge in [0, 0.05) is 11.3 Å². The fourth-order valence-corrected chi connectivity index (χ4v) is 2.27. The Labute approximate surface area is 90.4 Å². The Bertz CT molecular complexity index is 557. The largest absolute Gasteiger partial charge is 0.329 e. The number of hydrogen-bond acceptors (Lipinski definition) is 3. The predicted molar refractivity (Wildman–Crippen MR) is 54.1 cm³/mol. The highest BCUT2D eigenvalue weighted by molar-refractivity contribution is 7.88. The van der Waals surface area contributed by atoms with Crippen LogP contribution in [0.25, 0.3) is 10.4 Å². The lowest BCUT2D eigenvalue weighted by Crippen LogP contribution is -2.27. The third-order valence-electron chi connectivity index (χ3n) is 2.16. The van der Waals surface area contributed by atoms with Crippen LogP contribution in [-0.4, -0.2) is 25.1 Å². The summed E-state index contributed by atoms with van der Waals surface area (Å²) in [6, 6.07) is -0.561. The van der Waals surface area contributed by atoms with E-state index in [1.54, 1.807) is 0 Å². The van der Waals surface area contributed by atoms with E-state index in [0.717, 1.165) is 10.6 Å². The Morgan fingerprint density at radius 3 is 3.06 bits per heavy atom. The minimum absolute atomic E-state index is 0.0185. The van der Waals surface area contributed by atoms with Gasteiger partial charge < -0.3 is 0 Å². The van der Waals surface area contributed by atoms with Crippen molar-refractivity contribution in [1.29, 1.82) is 0 Å². The molecule has 2 rings (SSSR count). The number of halogens is 1. The van der Waals surface area contributed by atoms with Gasteiger partial charge in [0.15, 0.2) is 0 Å². The molecule has 7 nitrogen and oxygen atoms in total. The summed E-state index contributed by atoms with van der Waals surface area (Å²) in [6.45, 7) is 0. The van der Waals surface area contributed by atoms with Crippen molar-refractivity contribution in [2.45, 2.75) is 12.5 Å². The number of azide groups is 1. The molecule has 0 aromatic carbocycles. The lowest BCUT2D eigenvalue weighted by molar-refractivity contribution is 0.526. The molecule has 1 aliphatic carbocycles. The van der Waals surface area contributed by atoms with Gasteiger partial charge in [-0.2, -0.15) is 8.42 Å². The molecule has 9 heteroatoms. The topological polar surface area (TPSA) is 98.5 Å². The van der Waals surface area contributed by atoms with Crippen molar-refractivity contribution in [3.05, 3.63) is 34.1 Å². The van der Waals surface area contributed by atoms with Crippen molar-refractivity contribution in [2.75, 3.05) is 0 Å².